The largest absolute Gasteiger partial charge is 0.439 e. The van der Waals surface area contributed by atoms with Crippen LogP contribution in [-0.2, 0) is 4.79 Å². The monoisotopic (exact) mass is 371 g/mol. The molecule has 0 radical (unpaired) electrons. The molecule has 0 bridgehead atoms. The highest BCUT2D eigenvalue weighted by Gasteiger charge is 2.06. The first-order chi connectivity index (χ1) is 10.6. The summed E-state index contributed by atoms with van der Waals surface area (Å²) in [5, 5.41) is 2.78. The van der Waals surface area contributed by atoms with Crippen LogP contribution in [0.5, 0.6) is 11.6 Å². The average molecular weight is 372 g/mol. The summed E-state index contributed by atoms with van der Waals surface area (Å²) in [4.78, 5) is 15.8. The zero-order chi connectivity index (χ0) is 15.9. The molecule has 0 fully saturated rings. The highest BCUT2D eigenvalue weighted by Crippen LogP contribution is 2.26. The maximum atomic E-state index is 11.6. The van der Waals surface area contributed by atoms with Crippen LogP contribution in [0.1, 0.15) is 24.0 Å². The smallest absolute Gasteiger partial charge is 0.224 e. The number of rotatable bonds is 6. The van der Waals surface area contributed by atoms with E-state index in [4.69, 9.17) is 10.5 Å². The third-order valence-corrected chi connectivity index (χ3v) is 3.40. The predicted molar refractivity (Wildman–Crippen MR) is 102 cm³/mol. The lowest BCUT2D eigenvalue weighted by Gasteiger charge is -2.10. The Hall–Kier alpha value is -1.82. The summed E-state index contributed by atoms with van der Waals surface area (Å²) < 4.78 is 5.77. The molecule has 1 aromatic heterocycles. The lowest BCUT2D eigenvalue weighted by molar-refractivity contribution is -0.116. The van der Waals surface area contributed by atoms with Gasteiger partial charge in [0.15, 0.2) is 0 Å². The van der Waals surface area contributed by atoms with Gasteiger partial charge < -0.3 is 15.8 Å². The number of nitrogens with zero attached hydrogens (tertiary/aromatic N) is 1. The van der Waals surface area contributed by atoms with Gasteiger partial charge in [0.2, 0.25) is 11.8 Å². The van der Waals surface area contributed by atoms with Gasteiger partial charge in [0, 0.05) is 12.5 Å². The number of hydrogen-bond acceptors (Lipinski definition) is 4. The normalized spacial score (nSPS) is 9.46. The van der Waals surface area contributed by atoms with Gasteiger partial charge in [-0.15, -0.1) is 24.8 Å². The van der Waals surface area contributed by atoms with Crippen LogP contribution in [0.3, 0.4) is 0 Å². The van der Waals surface area contributed by atoms with Crippen molar-refractivity contribution in [3.05, 3.63) is 47.7 Å². The summed E-state index contributed by atoms with van der Waals surface area (Å²) in [6, 6.07) is 9.40. The van der Waals surface area contributed by atoms with E-state index >= 15 is 0 Å². The first-order valence-electron chi connectivity index (χ1n) is 7.30. The Morgan fingerprint density at radius 2 is 1.96 bits per heavy atom. The quantitative estimate of drug-likeness (QED) is 0.803. The van der Waals surface area contributed by atoms with Crippen molar-refractivity contribution in [2.75, 3.05) is 11.9 Å². The van der Waals surface area contributed by atoms with E-state index in [0.717, 1.165) is 11.3 Å². The second-order valence-electron chi connectivity index (χ2n) is 5.13. The number of hydrogen-bond donors (Lipinski definition) is 2. The lowest BCUT2D eigenvalue weighted by atomic mass is 10.1. The number of halogens is 2. The van der Waals surface area contributed by atoms with Crippen molar-refractivity contribution >= 4 is 36.4 Å². The maximum absolute atomic E-state index is 11.6. The predicted octanol–water partition coefficient (Wildman–Crippen LogP) is 4.01. The first kappa shape index (κ1) is 22.2. The molecule has 1 aromatic carbocycles. The molecule has 0 saturated heterocycles. The molecule has 132 valence electrons. The molecule has 2 aromatic rings. The third-order valence-electron chi connectivity index (χ3n) is 3.40. The molecule has 24 heavy (non-hydrogen) atoms. The van der Waals surface area contributed by atoms with E-state index < -0.39 is 0 Å². The average Bonchev–Trinajstić information content (AvgIpc) is 2.51. The molecule has 0 aliphatic carbocycles. The number of aromatic nitrogens is 1. The van der Waals surface area contributed by atoms with Crippen LogP contribution in [0.2, 0.25) is 0 Å². The van der Waals surface area contributed by atoms with Gasteiger partial charge in [-0.3, -0.25) is 4.79 Å². The Morgan fingerprint density at radius 1 is 1.21 bits per heavy atom. The Bertz CT molecular complexity index is 649. The summed E-state index contributed by atoms with van der Waals surface area (Å²) in [5.74, 6) is 1.22. The van der Waals surface area contributed by atoms with Gasteiger partial charge in [0.1, 0.15) is 5.75 Å². The summed E-state index contributed by atoms with van der Waals surface area (Å²) >= 11 is 0. The van der Waals surface area contributed by atoms with Gasteiger partial charge >= 0.3 is 0 Å². The molecular weight excluding hydrogens is 349 g/mol. The first-order valence-corrected chi connectivity index (χ1v) is 7.30. The van der Waals surface area contributed by atoms with Crippen LogP contribution in [-0.4, -0.2) is 17.4 Å². The zero-order valence-electron chi connectivity index (χ0n) is 13.7. The Balaban J connectivity index is 0.00000264. The van der Waals surface area contributed by atoms with Crippen LogP contribution < -0.4 is 15.8 Å². The number of carbonyl (C=O) groups is 1. The standard InChI is InChI=1S/C17H21N3O2.2ClH/c1-12-5-3-6-15(13(12)2)22-17-9-8-14(11-19-17)20-16(21)7-4-10-18;;/h3,5-6,8-9,11H,4,7,10,18H2,1-2H3,(H,20,21);2*1H. The van der Waals surface area contributed by atoms with Crippen molar-refractivity contribution in [1.29, 1.82) is 0 Å². The van der Waals surface area contributed by atoms with Crippen molar-refractivity contribution in [2.45, 2.75) is 26.7 Å². The van der Waals surface area contributed by atoms with Gasteiger partial charge in [-0.1, -0.05) is 12.1 Å². The van der Waals surface area contributed by atoms with Crippen molar-refractivity contribution in [3.8, 4) is 11.6 Å². The van der Waals surface area contributed by atoms with E-state index in [9.17, 15) is 4.79 Å². The fraction of sp³-hybridized carbons (Fsp3) is 0.294. The number of benzene rings is 1. The second-order valence-corrected chi connectivity index (χ2v) is 5.13. The molecule has 0 saturated carbocycles. The van der Waals surface area contributed by atoms with E-state index in [1.54, 1.807) is 18.3 Å². The Kier molecular flexibility index (Phi) is 10.0. The fourth-order valence-electron chi connectivity index (χ4n) is 1.95. The van der Waals surface area contributed by atoms with Crippen LogP contribution in [0.4, 0.5) is 5.69 Å². The van der Waals surface area contributed by atoms with E-state index in [1.165, 1.54) is 5.56 Å². The molecular formula is C17H23Cl2N3O2. The number of anilines is 1. The minimum absolute atomic E-state index is 0. The molecule has 0 spiro atoms. The fourth-order valence-corrected chi connectivity index (χ4v) is 1.95. The molecule has 3 N–H and O–H groups in total. The number of carbonyl (C=O) groups excluding carboxylic acids is 1. The molecule has 7 heteroatoms. The molecule has 1 amide bonds. The number of amides is 1. The number of nitrogens with two attached hydrogens (primary N) is 1. The highest BCUT2D eigenvalue weighted by atomic mass is 35.5. The van der Waals surface area contributed by atoms with Crippen LogP contribution in [0.25, 0.3) is 0 Å². The molecule has 0 aliphatic heterocycles. The summed E-state index contributed by atoms with van der Waals surface area (Å²) in [5.41, 5.74) is 8.28. The summed E-state index contributed by atoms with van der Waals surface area (Å²) in [6.45, 7) is 4.56. The van der Waals surface area contributed by atoms with Gasteiger partial charge in [-0.25, -0.2) is 4.98 Å². The minimum atomic E-state index is -0.0598. The summed E-state index contributed by atoms with van der Waals surface area (Å²) in [7, 11) is 0. The molecule has 0 aliphatic rings. The van der Waals surface area contributed by atoms with E-state index in [0.29, 0.717) is 31.0 Å². The minimum Gasteiger partial charge on any atom is -0.439 e. The molecule has 1 heterocycles. The second kappa shape index (κ2) is 10.9. The van der Waals surface area contributed by atoms with Crippen LogP contribution in [0.15, 0.2) is 36.5 Å². The number of ether oxygens (including phenoxy) is 1. The maximum Gasteiger partial charge on any atom is 0.224 e. The molecule has 0 atom stereocenters. The van der Waals surface area contributed by atoms with Crippen molar-refractivity contribution in [2.24, 2.45) is 5.73 Å². The van der Waals surface area contributed by atoms with Crippen LogP contribution >= 0.6 is 24.8 Å². The van der Waals surface area contributed by atoms with Crippen molar-refractivity contribution < 1.29 is 9.53 Å². The molecule has 5 nitrogen and oxygen atoms in total. The van der Waals surface area contributed by atoms with Crippen molar-refractivity contribution in [3.63, 3.8) is 0 Å². The molecule has 2 rings (SSSR count). The molecule has 0 unspecified atom stereocenters. The third kappa shape index (κ3) is 6.35. The van der Waals surface area contributed by atoms with Crippen molar-refractivity contribution in [1.82, 2.24) is 4.98 Å². The topological polar surface area (TPSA) is 77.2 Å². The van der Waals surface area contributed by atoms with E-state index in [2.05, 4.69) is 10.3 Å². The van der Waals surface area contributed by atoms with Gasteiger partial charge in [-0.2, -0.15) is 0 Å². The van der Waals surface area contributed by atoms with Gasteiger partial charge in [-0.05, 0) is 50.1 Å². The van der Waals surface area contributed by atoms with Crippen LogP contribution in [0, 0.1) is 13.8 Å². The highest BCUT2D eigenvalue weighted by molar-refractivity contribution is 5.90. The zero-order valence-corrected chi connectivity index (χ0v) is 15.4. The Labute approximate surface area is 154 Å². The van der Waals surface area contributed by atoms with Gasteiger partial charge in [0.05, 0.1) is 11.9 Å². The summed E-state index contributed by atoms with van der Waals surface area (Å²) in [6.07, 6.45) is 2.67. The Morgan fingerprint density at radius 3 is 2.58 bits per heavy atom. The SMILES string of the molecule is Cc1cccc(Oc2ccc(NC(=O)CCCN)cn2)c1C.Cl.Cl. The lowest BCUT2D eigenvalue weighted by Crippen LogP contribution is -2.13. The number of aryl methyl sites for hydroxylation is 1. The number of nitrogens with one attached hydrogen (secondary N) is 1. The van der Waals surface area contributed by atoms with Gasteiger partial charge in [0.25, 0.3) is 0 Å². The van der Waals surface area contributed by atoms with E-state index in [1.807, 2.05) is 32.0 Å². The van der Waals surface area contributed by atoms with E-state index in [-0.39, 0.29) is 30.7 Å². The number of pyridine rings is 1.